The lowest BCUT2D eigenvalue weighted by Crippen LogP contribution is -2.31. The Balaban J connectivity index is 1.94. The van der Waals surface area contributed by atoms with Crippen LogP contribution in [0.25, 0.3) is 5.69 Å². The van der Waals surface area contributed by atoms with Crippen molar-refractivity contribution >= 4 is 6.08 Å². The zero-order valence-corrected chi connectivity index (χ0v) is 9.91. The Labute approximate surface area is 105 Å². The van der Waals surface area contributed by atoms with Crippen LogP contribution in [0.15, 0.2) is 47.7 Å². The summed E-state index contributed by atoms with van der Waals surface area (Å²) in [6.07, 6.45) is 8.34. The molecule has 0 aliphatic heterocycles. The molecular weight excluding hydrogens is 226 g/mol. The molecule has 0 N–H and O–H groups in total. The molecule has 90 valence electrons. The Morgan fingerprint density at radius 2 is 2.06 bits per heavy atom. The topological polar surface area (TPSA) is 47.2 Å². The van der Waals surface area contributed by atoms with E-state index in [0.29, 0.717) is 0 Å². The monoisotopic (exact) mass is 239 g/mol. The number of aliphatic imine (C=N–C) groups is 1. The fourth-order valence-corrected chi connectivity index (χ4v) is 2.41. The summed E-state index contributed by atoms with van der Waals surface area (Å²) in [6.45, 7) is 0. The first-order chi connectivity index (χ1) is 8.84. The van der Waals surface area contributed by atoms with Crippen molar-refractivity contribution in [2.24, 2.45) is 4.99 Å². The maximum Gasteiger partial charge on any atom is 0.235 e. The van der Waals surface area contributed by atoms with Gasteiger partial charge in [0, 0.05) is 12.4 Å². The van der Waals surface area contributed by atoms with Crippen LogP contribution >= 0.6 is 0 Å². The molecule has 0 spiro atoms. The highest BCUT2D eigenvalue weighted by Gasteiger charge is 2.38. The predicted molar refractivity (Wildman–Crippen MR) is 67.2 cm³/mol. The van der Waals surface area contributed by atoms with Gasteiger partial charge in [-0.1, -0.05) is 12.1 Å². The molecular formula is C14H13N3O. The van der Waals surface area contributed by atoms with Crippen LogP contribution in [0.4, 0.5) is 0 Å². The average molecular weight is 239 g/mol. The van der Waals surface area contributed by atoms with E-state index in [1.807, 2.05) is 36.5 Å². The highest BCUT2D eigenvalue weighted by molar-refractivity contribution is 5.42. The molecule has 4 heteroatoms. The van der Waals surface area contributed by atoms with Gasteiger partial charge in [0.15, 0.2) is 0 Å². The molecule has 18 heavy (non-hydrogen) atoms. The minimum Gasteiger partial charge on any atom is -0.241 e. The number of nitrogens with zero attached hydrogens (tertiary/aromatic N) is 3. The van der Waals surface area contributed by atoms with Gasteiger partial charge in [-0.05, 0) is 43.0 Å². The van der Waals surface area contributed by atoms with E-state index in [9.17, 15) is 4.79 Å². The third-order valence-corrected chi connectivity index (χ3v) is 3.61. The molecule has 0 unspecified atom stereocenters. The molecule has 0 atom stereocenters. The zero-order valence-electron chi connectivity index (χ0n) is 9.91. The number of rotatable bonds is 3. The lowest BCUT2D eigenvalue weighted by Gasteiger charge is -2.37. The number of aromatic nitrogens is 2. The second-order valence-electron chi connectivity index (χ2n) is 4.59. The maximum atomic E-state index is 10.5. The average Bonchev–Trinajstić information content (AvgIpc) is 2.88. The van der Waals surface area contributed by atoms with Crippen molar-refractivity contribution in [3.05, 3.63) is 48.3 Å². The van der Waals surface area contributed by atoms with E-state index < -0.39 is 0 Å². The molecule has 0 bridgehead atoms. The fourth-order valence-electron chi connectivity index (χ4n) is 2.41. The maximum absolute atomic E-state index is 10.5. The van der Waals surface area contributed by atoms with Crippen LogP contribution in [0.2, 0.25) is 0 Å². The van der Waals surface area contributed by atoms with Gasteiger partial charge in [-0.2, -0.15) is 10.1 Å². The van der Waals surface area contributed by atoms with E-state index >= 15 is 0 Å². The summed E-state index contributed by atoms with van der Waals surface area (Å²) in [6, 6.07) is 9.94. The van der Waals surface area contributed by atoms with Crippen molar-refractivity contribution in [1.82, 2.24) is 9.78 Å². The number of benzene rings is 1. The molecule has 0 amide bonds. The predicted octanol–water partition coefficient (Wildman–Crippen LogP) is 2.59. The first-order valence-electron chi connectivity index (χ1n) is 6.04. The second kappa shape index (κ2) is 4.24. The largest absolute Gasteiger partial charge is 0.241 e. The number of isocyanates is 1. The summed E-state index contributed by atoms with van der Waals surface area (Å²) in [4.78, 5) is 14.5. The SMILES string of the molecule is O=C=NC1(c2ccc(-n3cccn3)cc2)CCC1. The molecule has 1 saturated carbocycles. The molecule has 4 nitrogen and oxygen atoms in total. The summed E-state index contributed by atoms with van der Waals surface area (Å²) in [5, 5.41) is 4.18. The van der Waals surface area contributed by atoms with Crippen molar-refractivity contribution in [2.45, 2.75) is 24.8 Å². The highest BCUT2D eigenvalue weighted by Crippen LogP contribution is 2.44. The molecule has 2 aromatic rings. The van der Waals surface area contributed by atoms with Gasteiger partial charge in [-0.15, -0.1) is 0 Å². The molecule has 1 heterocycles. The molecule has 1 aliphatic carbocycles. The van der Waals surface area contributed by atoms with Gasteiger partial charge in [0.05, 0.1) is 11.2 Å². The normalized spacial score (nSPS) is 16.7. The molecule has 1 fully saturated rings. The van der Waals surface area contributed by atoms with Gasteiger partial charge in [0.2, 0.25) is 6.08 Å². The summed E-state index contributed by atoms with van der Waals surface area (Å²) in [7, 11) is 0. The van der Waals surface area contributed by atoms with E-state index in [0.717, 1.165) is 30.5 Å². The van der Waals surface area contributed by atoms with Gasteiger partial charge < -0.3 is 0 Å². The van der Waals surface area contributed by atoms with E-state index in [4.69, 9.17) is 0 Å². The molecule has 1 aromatic carbocycles. The van der Waals surface area contributed by atoms with Crippen LogP contribution in [0.5, 0.6) is 0 Å². The summed E-state index contributed by atoms with van der Waals surface area (Å²) in [5.74, 6) is 0. The Hall–Kier alpha value is -2.19. The molecule has 0 radical (unpaired) electrons. The van der Waals surface area contributed by atoms with Crippen molar-refractivity contribution in [1.29, 1.82) is 0 Å². The Kier molecular flexibility index (Phi) is 2.58. The quantitative estimate of drug-likeness (QED) is 0.610. The van der Waals surface area contributed by atoms with Crippen LogP contribution < -0.4 is 0 Å². The standard InChI is InChI=1S/C14H13N3O/c18-11-15-14(7-1-8-14)12-3-5-13(6-4-12)17-10-2-9-16-17/h2-6,9-10H,1,7-8H2. The minimum atomic E-state index is -0.315. The lowest BCUT2D eigenvalue weighted by molar-refractivity contribution is 0.256. The first kappa shape index (κ1) is 10.9. The van der Waals surface area contributed by atoms with Crippen LogP contribution in [0.3, 0.4) is 0 Å². The Morgan fingerprint density at radius 1 is 1.28 bits per heavy atom. The van der Waals surface area contributed by atoms with Crippen molar-refractivity contribution in [2.75, 3.05) is 0 Å². The lowest BCUT2D eigenvalue weighted by atomic mass is 9.72. The first-order valence-corrected chi connectivity index (χ1v) is 6.04. The number of carbonyl (C=O) groups excluding carboxylic acids is 1. The number of hydrogen-bond donors (Lipinski definition) is 0. The zero-order chi connectivity index (χ0) is 12.4. The smallest absolute Gasteiger partial charge is 0.235 e. The van der Waals surface area contributed by atoms with E-state index in [1.54, 1.807) is 17.0 Å². The molecule has 1 aliphatic rings. The second-order valence-corrected chi connectivity index (χ2v) is 4.59. The summed E-state index contributed by atoms with van der Waals surface area (Å²) >= 11 is 0. The van der Waals surface area contributed by atoms with Crippen molar-refractivity contribution in [3.63, 3.8) is 0 Å². The summed E-state index contributed by atoms with van der Waals surface area (Å²) < 4.78 is 1.81. The van der Waals surface area contributed by atoms with E-state index in [1.165, 1.54) is 0 Å². The van der Waals surface area contributed by atoms with Crippen LogP contribution in [-0.2, 0) is 10.3 Å². The third-order valence-electron chi connectivity index (χ3n) is 3.61. The van der Waals surface area contributed by atoms with Gasteiger partial charge >= 0.3 is 0 Å². The van der Waals surface area contributed by atoms with E-state index in [2.05, 4.69) is 10.1 Å². The van der Waals surface area contributed by atoms with E-state index in [-0.39, 0.29) is 5.54 Å². The van der Waals surface area contributed by atoms with Crippen LogP contribution in [-0.4, -0.2) is 15.9 Å². The van der Waals surface area contributed by atoms with Crippen LogP contribution in [0.1, 0.15) is 24.8 Å². The third kappa shape index (κ3) is 1.67. The highest BCUT2D eigenvalue weighted by atomic mass is 16.1. The minimum absolute atomic E-state index is 0.315. The van der Waals surface area contributed by atoms with Gasteiger partial charge in [0.1, 0.15) is 0 Å². The van der Waals surface area contributed by atoms with Crippen molar-refractivity contribution in [3.8, 4) is 5.69 Å². The fraction of sp³-hybridized carbons (Fsp3) is 0.286. The van der Waals surface area contributed by atoms with Crippen molar-refractivity contribution < 1.29 is 4.79 Å². The Morgan fingerprint density at radius 3 is 2.56 bits per heavy atom. The van der Waals surface area contributed by atoms with Gasteiger partial charge in [-0.3, -0.25) is 0 Å². The van der Waals surface area contributed by atoms with Gasteiger partial charge in [0.25, 0.3) is 0 Å². The molecule has 0 saturated heterocycles. The molecule has 1 aromatic heterocycles. The van der Waals surface area contributed by atoms with Crippen LogP contribution in [0, 0.1) is 0 Å². The number of hydrogen-bond acceptors (Lipinski definition) is 3. The summed E-state index contributed by atoms with van der Waals surface area (Å²) in [5.41, 5.74) is 1.78. The molecule has 3 rings (SSSR count). The van der Waals surface area contributed by atoms with Gasteiger partial charge in [-0.25, -0.2) is 9.48 Å². The Bertz CT molecular complexity index is 576.